The van der Waals surface area contributed by atoms with Gasteiger partial charge in [-0.2, -0.15) is 13.5 Å². The lowest BCUT2D eigenvalue weighted by atomic mass is 9.83. The number of pyridine rings is 1. The smallest absolute Gasteiger partial charge is 0.522 e. The maximum absolute atomic E-state index is 13.0. The van der Waals surface area contributed by atoms with Crippen molar-refractivity contribution in [1.29, 1.82) is 0 Å². The minimum Gasteiger partial charge on any atom is -0.536 e. The maximum Gasteiger partial charge on any atom is 0.522 e. The summed E-state index contributed by atoms with van der Waals surface area (Å²) in [6.45, 7) is 0.263. The Kier molecular flexibility index (Phi) is 6.95. The van der Waals surface area contributed by atoms with Gasteiger partial charge in [-0.15, -0.1) is 0 Å². The lowest BCUT2D eigenvalue weighted by Gasteiger charge is -2.17. The van der Waals surface area contributed by atoms with E-state index in [1.807, 2.05) is 48.7 Å². The van der Waals surface area contributed by atoms with Gasteiger partial charge in [-0.05, 0) is 53.4 Å². The first kappa shape index (κ1) is 21.4. The van der Waals surface area contributed by atoms with Crippen LogP contribution in [0.25, 0.3) is 10.8 Å². The summed E-state index contributed by atoms with van der Waals surface area (Å²) >= 11 is 0. The van der Waals surface area contributed by atoms with Gasteiger partial charge in [0.2, 0.25) is 0 Å². The number of nitrogens with zero attached hydrogens (tertiary/aromatic N) is 1. The second kappa shape index (κ2) is 9.44. The number of carbonyl (C=O) groups is 1. The lowest BCUT2D eigenvalue weighted by Crippen LogP contribution is -2.23. The highest BCUT2D eigenvalue weighted by Crippen LogP contribution is 2.30. The van der Waals surface area contributed by atoms with Gasteiger partial charge in [0.1, 0.15) is 11.5 Å². The summed E-state index contributed by atoms with van der Waals surface area (Å²) in [6, 6.07) is 13.7. The number of rotatable bonds is 5. The fourth-order valence-electron chi connectivity index (χ4n) is 3.82. The molecule has 150 valence electrons. The molecule has 3 N–H and O–H groups in total. The predicted molar refractivity (Wildman–Crippen MR) is 121 cm³/mol. The molecule has 0 spiro atoms. The number of ketones is 1. The van der Waals surface area contributed by atoms with E-state index in [2.05, 4.69) is 4.98 Å². The number of Topliss-reactive ketones (excluding diaryl/α,β-unsaturated/α-hetero) is 1. The van der Waals surface area contributed by atoms with E-state index in [1.165, 1.54) is 0 Å². The molecule has 3 aromatic rings. The molecule has 2 heterocycles. The molecule has 1 aliphatic rings. The molecule has 0 unspecified atom stereocenters. The van der Waals surface area contributed by atoms with Crippen LogP contribution in [0.5, 0.6) is 5.75 Å². The van der Waals surface area contributed by atoms with Crippen molar-refractivity contribution in [2.24, 2.45) is 5.73 Å². The van der Waals surface area contributed by atoms with Crippen LogP contribution >= 0.6 is 13.5 Å². The molecule has 0 aliphatic carbocycles. The molecule has 0 saturated carbocycles. The molecule has 1 aromatic heterocycles. The molecule has 7 heteroatoms. The number of aromatic nitrogens is 1. The van der Waals surface area contributed by atoms with Gasteiger partial charge in [-0.1, -0.05) is 30.3 Å². The SMILES string of the molecule is NC[C@@H](C(=O)Cc1ccc2cnccc2c1)c1ccc2c(c1)CCCB(O)O2.S. The van der Waals surface area contributed by atoms with Crippen LogP contribution in [0.1, 0.15) is 29.0 Å². The van der Waals surface area contributed by atoms with E-state index in [0.717, 1.165) is 40.3 Å². The number of carbonyl (C=O) groups excluding carboxylic acids is 1. The lowest BCUT2D eigenvalue weighted by molar-refractivity contribution is -0.119. The zero-order chi connectivity index (χ0) is 19.5. The van der Waals surface area contributed by atoms with Crippen molar-refractivity contribution >= 4 is 37.2 Å². The minimum atomic E-state index is -0.762. The van der Waals surface area contributed by atoms with E-state index in [4.69, 9.17) is 10.4 Å². The van der Waals surface area contributed by atoms with E-state index >= 15 is 0 Å². The van der Waals surface area contributed by atoms with Crippen LogP contribution in [-0.2, 0) is 17.6 Å². The summed E-state index contributed by atoms with van der Waals surface area (Å²) in [4.78, 5) is 17.1. The average molecular weight is 408 g/mol. The van der Waals surface area contributed by atoms with Crippen molar-refractivity contribution in [2.75, 3.05) is 6.54 Å². The highest BCUT2D eigenvalue weighted by Gasteiger charge is 2.24. The highest BCUT2D eigenvalue weighted by molar-refractivity contribution is 7.59. The fourth-order valence-corrected chi connectivity index (χ4v) is 3.82. The van der Waals surface area contributed by atoms with E-state index in [0.29, 0.717) is 18.5 Å². The van der Waals surface area contributed by atoms with Crippen molar-refractivity contribution in [1.82, 2.24) is 4.98 Å². The van der Waals surface area contributed by atoms with Crippen LogP contribution in [0.15, 0.2) is 54.9 Å². The summed E-state index contributed by atoms with van der Waals surface area (Å²) in [5.41, 5.74) is 8.89. The quantitative estimate of drug-likeness (QED) is 0.634. The van der Waals surface area contributed by atoms with Gasteiger partial charge in [0.05, 0.1) is 5.92 Å². The van der Waals surface area contributed by atoms with E-state index in [-0.39, 0.29) is 31.7 Å². The Morgan fingerprint density at radius 3 is 2.90 bits per heavy atom. The van der Waals surface area contributed by atoms with Crippen molar-refractivity contribution in [3.8, 4) is 5.75 Å². The molecular weight excluding hydrogens is 383 g/mol. The second-order valence-corrected chi connectivity index (χ2v) is 7.32. The van der Waals surface area contributed by atoms with Crippen LogP contribution in [0.3, 0.4) is 0 Å². The van der Waals surface area contributed by atoms with Crippen LogP contribution < -0.4 is 10.4 Å². The van der Waals surface area contributed by atoms with Crippen molar-refractivity contribution in [3.63, 3.8) is 0 Å². The third-order valence-electron chi connectivity index (χ3n) is 5.35. The molecule has 0 fully saturated rings. The van der Waals surface area contributed by atoms with E-state index in [1.54, 1.807) is 6.20 Å². The first-order valence-corrected chi connectivity index (χ1v) is 9.67. The van der Waals surface area contributed by atoms with Crippen LogP contribution in [0.2, 0.25) is 6.32 Å². The number of hydrogen-bond donors (Lipinski definition) is 2. The summed E-state index contributed by atoms with van der Waals surface area (Å²) in [5, 5.41) is 11.9. The molecule has 1 aliphatic heterocycles. The molecule has 2 aromatic carbocycles. The first-order valence-electron chi connectivity index (χ1n) is 9.67. The Morgan fingerprint density at radius 2 is 2.07 bits per heavy atom. The van der Waals surface area contributed by atoms with Gasteiger partial charge >= 0.3 is 7.12 Å². The molecule has 29 heavy (non-hydrogen) atoms. The largest absolute Gasteiger partial charge is 0.536 e. The number of benzene rings is 2. The van der Waals surface area contributed by atoms with Gasteiger partial charge in [-0.25, -0.2) is 0 Å². The average Bonchev–Trinajstić information content (AvgIpc) is 2.88. The van der Waals surface area contributed by atoms with Crippen LogP contribution in [0.4, 0.5) is 0 Å². The molecule has 0 radical (unpaired) electrons. The van der Waals surface area contributed by atoms with Gasteiger partial charge in [0.15, 0.2) is 0 Å². The third-order valence-corrected chi connectivity index (χ3v) is 5.35. The number of hydrogen-bond acceptors (Lipinski definition) is 5. The second-order valence-electron chi connectivity index (χ2n) is 7.32. The molecule has 0 amide bonds. The molecule has 4 rings (SSSR count). The first-order chi connectivity index (χ1) is 13.6. The summed E-state index contributed by atoms with van der Waals surface area (Å²) in [6.07, 6.45) is 6.20. The molecule has 1 atom stereocenters. The van der Waals surface area contributed by atoms with Gasteiger partial charge < -0.3 is 15.4 Å². The zero-order valence-corrected chi connectivity index (χ0v) is 17.2. The summed E-state index contributed by atoms with van der Waals surface area (Å²) in [7, 11) is -0.762. The van der Waals surface area contributed by atoms with Gasteiger partial charge in [0, 0.05) is 30.7 Å². The standard InChI is InChI=1S/C22H23BN2O3.H2S/c24-13-20(17-5-6-22-18(12-17)2-1-8-23(27)28-22)21(26)11-15-3-4-19-14-25-9-7-16(19)10-15;/h3-7,9-10,12,14,20,27H,1-2,8,11,13,24H2;1H2/t20-;/m1./s1. The minimum absolute atomic E-state index is 0. The van der Waals surface area contributed by atoms with Crippen LogP contribution in [-0.4, -0.2) is 29.5 Å². The summed E-state index contributed by atoms with van der Waals surface area (Å²) < 4.78 is 5.56. The number of aryl methyl sites for hydroxylation is 1. The topological polar surface area (TPSA) is 85.4 Å². The van der Waals surface area contributed by atoms with Crippen LogP contribution in [0, 0.1) is 0 Å². The number of nitrogens with two attached hydrogens (primary N) is 1. The molecule has 0 bridgehead atoms. The van der Waals surface area contributed by atoms with Crippen molar-refractivity contribution in [3.05, 3.63) is 71.5 Å². The highest BCUT2D eigenvalue weighted by atomic mass is 32.1. The van der Waals surface area contributed by atoms with Gasteiger partial charge in [0.25, 0.3) is 0 Å². The Morgan fingerprint density at radius 1 is 1.21 bits per heavy atom. The maximum atomic E-state index is 13.0. The normalized spacial score (nSPS) is 14.3. The monoisotopic (exact) mass is 408 g/mol. The predicted octanol–water partition coefficient (Wildman–Crippen LogP) is 3.01. The Hall–Kier alpha value is -2.35. The molecular formula is C22H25BN2O3S. The van der Waals surface area contributed by atoms with E-state index < -0.39 is 7.12 Å². The molecule has 0 saturated heterocycles. The Balaban J connectivity index is 0.00000240. The van der Waals surface area contributed by atoms with E-state index in [9.17, 15) is 9.82 Å². The molecule has 5 nitrogen and oxygen atoms in total. The van der Waals surface area contributed by atoms with Crippen molar-refractivity contribution < 1.29 is 14.5 Å². The Bertz CT molecular complexity index is 1010. The van der Waals surface area contributed by atoms with Crippen molar-refractivity contribution in [2.45, 2.75) is 31.5 Å². The number of fused-ring (bicyclic) bond motifs is 2. The fraction of sp³-hybridized carbons (Fsp3) is 0.273. The summed E-state index contributed by atoms with van der Waals surface area (Å²) in [5.74, 6) is 0.442. The Labute approximate surface area is 177 Å². The zero-order valence-electron chi connectivity index (χ0n) is 16.2. The van der Waals surface area contributed by atoms with Gasteiger partial charge in [-0.3, -0.25) is 9.78 Å². The third kappa shape index (κ3) is 4.81.